The summed E-state index contributed by atoms with van der Waals surface area (Å²) in [6.45, 7) is 6.86. The molecule has 2 aromatic rings. The van der Waals surface area contributed by atoms with Gasteiger partial charge in [0.25, 0.3) is 0 Å². The molecule has 2 unspecified atom stereocenters. The predicted molar refractivity (Wildman–Crippen MR) is 190 cm³/mol. The smallest absolute Gasteiger partial charge is 0.348 e. The van der Waals surface area contributed by atoms with Crippen molar-refractivity contribution in [1.82, 2.24) is 9.80 Å². The van der Waals surface area contributed by atoms with E-state index >= 15 is 0 Å². The minimum atomic E-state index is -1.19. The minimum Gasteiger partial charge on any atom is -0.504 e. The van der Waals surface area contributed by atoms with Crippen LogP contribution in [0.1, 0.15) is 103 Å². The second kappa shape index (κ2) is 14.6. The Morgan fingerprint density at radius 3 is 2.52 bits per heavy atom. The van der Waals surface area contributed by atoms with Gasteiger partial charge in [0.2, 0.25) is 12.9 Å². The number of hydrogen-bond acceptors (Lipinski definition) is 14. The Bertz CT molecular complexity index is 1770. The summed E-state index contributed by atoms with van der Waals surface area (Å²) in [6, 6.07) is -0.228. The van der Waals surface area contributed by atoms with Gasteiger partial charge in [-0.3, -0.25) is 19.4 Å². The third-order valence-corrected chi connectivity index (χ3v) is 12.6. The van der Waals surface area contributed by atoms with E-state index in [9.17, 15) is 24.6 Å². The van der Waals surface area contributed by atoms with E-state index in [1.54, 1.807) is 6.92 Å². The summed E-state index contributed by atoms with van der Waals surface area (Å²) in [4.78, 5) is 43.5. The first-order valence-corrected chi connectivity index (χ1v) is 19.2. The number of benzene rings is 2. The molecule has 14 heteroatoms. The molecule has 4 bridgehead atoms. The van der Waals surface area contributed by atoms with Gasteiger partial charge in [-0.25, -0.2) is 4.79 Å². The molecule has 0 amide bonds. The van der Waals surface area contributed by atoms with Crippen LogP contribution in [-0.2, 0) is 30.3 Å². The molecule has 0 saturated carbocycles. The molecule has 6 aliphatic heterocycles. The fraction of sp³-hybridized carbons (Fsp3) is 0.605. The number of likely N-dealkylation sites (N-methyl/N-ethyl adjacent to an activating group) is 1. The highest BCUT2D eigenvalue weighted by Crippen LogP contribution is 2.64. The Balaban J connectivity index is 1.38. The summed E-state index contributed by atoms with van der Waals surface area (Å²) in [5.74, 6) is -0.0737. The molecule has 2 fully saturated rings. The highest BCUT2D eigenvalue weighted by molar-refractivity contribution is 7.99. The van der Waals surface area contributed by atoms with Crippen LogP contribution in [0.15, 0.2) is 6.07 Å². The molecule has 2 N–H and O–H groups in total. The van der Waals surface area contributed by atoms with E-state index in [1.165, 1.54) is 25.8 Å². The summed E-state index contributed by atoms with van der Waals surface area (Å²) >= 11 is 1.35. The van der Waals surface area contributed by atoms with Gasteiger partial charge in [-0.1, -0.05) is 38.7 Å². The monoisotopic (exact) mass is 740 g/mol. The molecule has 282 valence electrons. The van der Waals surface area contributed by atoms with Crippen molar-refractivity contribution in [1.29, 1.82) is 0 Å². The molecule has 2 aromatic carbocycles. The molecule has 52 heavy (non-hydrogen) atoms. The Labute approximate surface area is 307 Å². The van der Waals surface area contributed by atoms with Crippen molar-refractivity contribution < 1.29 is 53.0 Å². The molecule has 8 rings (SSSR count). The van der Waals surface area contributed by atoms with Crippen molar-refractivity contribution in [2.75, 3.05) is 33.3 Å². The van der Waals surface area contributed by atoms with Crippen LogP contribution in [0.5, 0.6) is 28.7 Å². The van der Waals surface area contributed by atoms with Gasteiger partial charge in [-0.2, -0.15) is 0 Å². The number of ether oxygens (including phenoxy) is 6. The summed E-state index contributed by atoms with van der Waals surface area (Å²) in [6.07, 6.45) is 3.19. The highest BCUT2D eigenvalue weighted by Gasteiger charge is 2.60. The van der Waals surface area contributed by atoms with Gasteiger partial charge in [-0.05, 0) is 44.9 Å². The summed E-state index contributed by atoms with van der Waals surface area (Å²) in [7, 11) is 3.46. The Hall–Kier alpha value is -3.72. The Kier molecular flexibility index (Phi) is 10.3. The largest absolute Gasteiger partial charge is 0.504 e. The number of phenolic OH excluding ortho intramolecular Hbond substituents is 1. The average Bonchev–Trinajstić information content (AvgIpc) is 3.60. The second-order valence-corrected chi connectivity index (χ2v) is 15.5. The van der Waals surface area contributed by atoms with Crippen molar-refractivity contribution in [3.8, 4) is 28.7 Å². The SMILES string of the molecule is CCCCCCCC(=O)OC1CS[C@@H]2c3c(OC(C)=O)c(C)c4c(c3[C@H](COC1=O)N1C2[C@H]2c3c(cc(C)c(OC)c3O)C[C@@H]([C@@H]1O)N2C)OCO4. The van der Waals surface area contributed by atoms with E-state index in [0.29, 0.717) is 58.1 Å². The van der Waals surface area contributed by atoms with Crippen LogP contribution in [0.2, 0.25) is 0 Å². The van der Waals surface area contributed by atoms with Crippen molar-refractivity contribution in [2.45, 2.75) is 114 Å². The molecule has 6 heterocycles. The summed E-state index contributed by atoms with van der Waals surface area (Å²) in [5.41, 5.74) is 4.19. The standard InChI is InChI=1S/C38H48N2O11S/c1-7-8-9-10-11-12-25(42)51-24-16-52-36-28-27(35-34(48-17-49-35)19(3)33(28)50-20(4)41)23(15-47-38(24)45)40-30(36)29-26-21(14-22(37(40)44)39(29)5)13-18(2)32(46-6)31(26)43/h13,22-24,29-30,36-37,43-44H,7-12,14-17H2,1-6H3/t22-,23-,24?,29+,30?,36+,37-/m0/s1. The van der Waals surface area contributed by atoms with Crippen LogP contribution in [0, 0.1) is 13.8 Å². The zero-order valence-corrected chi connectivity index (χ0v) is 31.4. The van der Waals surface area contributed by atoms with E-state index in [4.69, 9.17) is 28.4 Å². The number of phenols is 1. The summed E-state index contributed by atoms with van der Waals surface area (Å²) in [5, 5.41) is 23.6. The number of hydrogen-bond donors (Lipinski definition) is 2. The molecular formula is C38H48N2O11S. The van der Waals surface area contributed by atoms with Gasteiger partial charge in [0.1, 0.15) is 18.6 Å². The number of unbranched alkanes of at least 4 members (excludes halogenated alkanes) is 4. The Morgan fingerprint density at radius 2 is 1.79 bits per heavy atom. The molecule has 0 radical (unpaired) electrons. The van der Waals surface area contributed by atoms with E-state index in [1.807, 2.05) is 24.9 Å². The maximum Gasteiger partial charge on any atom is 0.348 e. The number of aliphatic hydroxyl groups is 1. The number of carbonyl (C=O) groups is 3. The number of aliphatic hydroxyl groups excluding tert-OH is 1. The number of esters is 3. The molecule has 0 spiro atoms. The van der Waals surface area contributed by atoms with Gasteiger partial charge < -0.3 is 38.6 Å². The van der Waals surface area contributed by atoms with Crippen LogP contribution in [0.3, 0.4) is 0 Å². The first-order chi connectivity index (χ1) is 25.0. The van der Waals surface area contributed by atoms with Crippen LogP contribution in [0.25, 0.3) is 0 Å². The minimum absolute atomic E-state index is 0.0263. The maximum absolute atomic E-state index is 13.7. The van der Waals surface area contributed by atoms with Crippen LogP contribution in [0.4, 0.5) is 0 Å². The number of carbonyl (C=O) groups excluding carboxylic acids is 3. The highest BCUT2D eigenvalue weighted by atomic mass is 32.2. The van der Waals surface area contributed by atoms with Gasteiger partial charge in [-0.15, -0.1) is 11.8 Å². The van der Waals surface area contributed by atoms with Gasteiger partial charge in [0.15, 0.2) is 23.0 Å². The lowest BCUT2D eigenvalue weighted by Crippen LogP contribution is -2.69. The molecular weight excluding hydrogens is 692 g/mol. The normalized spacial score (nSPS) is 27.6. The van der Waals surface area contributed by atoms with E-state index < -0.39 is 53.6 Å². The Morgan fingerprint density at radius 1 is 1.04 bits per heavy atom. The summed E-state index contributed by atoms with van der Waals surface area (Å²) < 4.78 is 35.5. The van der Waals surface area contributed by atoms with Crippen LogP contribution >= 0.6 is 11.8 Å². The number of fused-ring (bicyclic) bond motifs is 10. The van der Waals surface area contributed by atoms with Crippen molar-refractivity contribution >= 4 is 29.7 Å². The van der Waals surface area contributed by atoms with Gasteiger partial charge >= 0.3 is 17.9 Å². The fourth-order valence-corrected chi connectivity index (χ4v) is 10.4. The number of rotatable bonds is 9. The second-order valence-electron chi connectivity index (χ2n) is 14.4. The number of aryl methyl sites for hydroxylation is 1. The van der Waals surface area contributed by atoms with Gasteiger partial charge in [0.05, 0.1) is 30.5 Å². The number of nitrogens with zero attached hydrogens (tertiary/aromatic N) is 2. The van der Waals surface area contributed by atoms with Gasteiger partial charge in [0, 0.05) is 47.4 Å². The first-order valence-electron chi connectivity index (χ1n) is 18.2. The zero-order chi connectivity index (χ0) is 37.0. The fourth-order valence-electron chi connectivity index (χ4n) is 8.93. The van der Waals surface area contributed by atoms with E-state index in [-0.39, 0.29) is 37.4 Å². The molecule has 0 aromatic heterocycles. The lowest BCUT2D eigenvalue weighted by molar-refractivity contribution is -0.188. The lowest BCUT2D eigenvalue weighted by Gasteiger charge is -2.62. The quantitative estimate of drug-likeness (QED) is 0.203. The molecule has 0 aliphatic carbocycles. The zero-order valence-electron chi connectivity index (χ0n) is 30.6. The average molecular weight is 741 g/mol. The number of aromatic hydroxyl groups is 1. The predicted octanol–water partition coefficient (Wildman–Crippen LogP) is 4.93. The van der Waals surface area contributed by atoms with E-state index in [0.717, 1.165) is 36.8 Å². The van der Waals surface area contributed by atoms with E-state index in [2.05, 4.69) is 11.8 Å². The first kappa shape index (κ1) is 36.6. The molecule has 7 atom stereocenters. The van der Waals surface area contributed by atoms with Crippen molar-refractivity contribution in [3.63, 3.8) is 0 Å². The van der Waals surface area contributed by atoms with Crippen LogP contribution in [-0.4, -0.2) is 95.6 Å². The van der Waals surface area contributed by atoms with Crippen molar-refractivity contribution in [3.05, 3.63) is 39.4 Å². The molecule has 2 saturated heterocycles. The number of thioether (sulfide) groups is 1. The third kappa shape index (κ3) is 6.05. The lowest BCUT2D eigenvalue weighted by atomic mass is 9.73. The third-order valence-electron chi connectivity index (χ3n) is 11.2. The topological polar surface area (TPSA) is 154 Å². The molecule has 13 nitrogen and oxygen atoms in total. The maximum atomic E-state index is 13.7. The van der Waals surface area contributed by atoms with Crippen molar-refractivity contribution in [2.24, 2.45) is 0 Å². The molecule has 6 aliphatic rings. The number of methoxy groups -OCH3 is 1. The van der Waals surface area contributed by atoms with Crippen LogP contribution < -0.4 is 18.9 Å². The number of piperazine rings is 1.